The van der Waals surface area contributed by atoms with E-state index in [1.165, 1.54) is 0 Å². The van der Waals surface area contributed by atoms with Crippen LogP contribution in [0.25, 0.3) is 0 Å². The number of carbonyl (C=O) groups is 4. The zero-order valence-electron chi connectivity index (χ0n) is 37.8. The maximum Gasteiger partial charge on any atom is 0.408 e. The lowest BCUT2D eigenvalue weighted by Crippen LogP contribution is -2.53. The van der Waals surface area contributed by atoms with Gasteiger partial charge in [0.25, 0.3) is 0 Å². The van der Waals surface area contributed by atoms with E-state index < -0.39 is 65.2 Å². The maximum atomic E-state index is 12.7. The van der Waals surface area contributed by atoms with E-state index >= 15 is 0 Å². The van der Waals surface area contributed by atoms with Gasteiger partial charge in [0.15, 0.2) is 5.78 Å². The summed E-state index contributed by atoms with van der Waals surface area (Å²) in [7, 11) is 0. The Morgan fingerprint density at radius 3 is 1.52 bits per heavy atom. The number of ketones is 1. The third-order valence-electron chi connectivity index (χ3n) is 7.52. The van der Waals surface area contributed by atoms with Gasteiger partial charge in [-0.2, -0.15) is 0 Å². The molecule has 16 nitrogen and oxygen atoms in total. The van der Waals surface area contributed by atoms with Gasteiger partial charge in [-0.1, -0.05) is 75.5 Å². The van der Waals surface area contributed by atoms with Gasteiger partial charge in [-0.15, -0.1) is 10.2 Å². The lowest BCUT2D eigenvalue weighted by Gasteiger charge is -2.30. The Labute approximate surface area is 369 Å². The highest BCUT2D eigenvalue weighted by molar-refractivity contribution is 5.91. The first kappa shape index (κ1) is 56.9. The normalized spacial score (nSPS) is 13.5. The van der Waals surface area contributed by atoms with Crippen molar-refractivity contribution in [2.24, 2.45) is 0 Å². The molecule has 0 saturated carbocycles. The second-order valence-electron chi connectivity index (χ2n) is 18.0. The predicted octanol–water partition coefficient (Wildman–Crippen LogP) is 9.41. The van der Waals surface area contributed by atoms with Crippen LogP contribution in [0.5, 0.6) is 0 Å². The first-order valence-electron chi connectivity index (χ1n) is 20.0. The molecular formula is C46H75N5O11. The van der Waals surface area contributed by atoms with Crippen LogP contribution in [0.1, 0.15) is 141 Å². The van der Waals surface area contributed by atoms with Crippen molar-refractivity contribution in [1.82, 2.24) is 26.1 Å². The van der Waals surface area contributed by atoms with Crippen molar-refractivity contribution in [2.75, 3.05) is 6.54 Å². The fourth-order valence-electron chi connectivity index (χ4n) is 5.19. The SMILES string of the molecule is C.C.CC(OC(C)(C)C)[C@H](NC(=O)OCc1ccccc1)C(=O)CNC(=O)OC(C)(C)C.CC(OC(C)(C)C)[C@H](NC(=O)OCc1ccccc1)c1nnc(COC(C)(C)C)o1. The molecule has 0 fully saturated rings. The fourth-order valence-corrected chi connectivity index (χ4v) is 5.19. The van der Waals surface area contributed by atoms with Crippen LogP contribution in [-0.4, -0.2) is 81.5 Å². The van der Waals surface area contributed by atoms with Crippen LogP contribution in [0.4, 0.5) is 14.4 Å². The Hall–Kier alpha value is -5.06. The molecule has 2 unspecified atom stereocenters. The Balaban J connectivity index is 0.00000116. The third-order valence-corrected chi connectivity index (χ3v) is 7.52. The number of rotatable bonds is 16. The minimum Gasteiger partial charge on any atom is -0.445 e. The van der Waals surface area contributed by atoms with Crippen molar-refractivity contribution < 1.29 is 52.0 Å². The highest BCUT2D eigenvalue weighted by Gasteiger charge is 2.33. The van der Waals surface area contributed by atoms with Crippen molar-refractivity contribution in [3.05, 3.63) is 83.6 Å². The van der Waals surface area contributed by atoms with Crippen molar-refractivity contribution in [2.45, 2.75) is 178 Å². The van der Waals surface area contributed by atoms with Gasteiger partial charge in [-0.25, -0.2) is 14.4 Å². The largest absolute Gasteiger partial charge is 0.445 e. The van der Waals surface area contributed by atoms with Crippen LogP contribution < -0.4 is 16.0 Å². The number of nitrogens with one attached hydrogen (secondary N) is 3. The molecule has 3 N–H and O–H groups in total. The topological polar surface area (TPSA) is 199 Å². The molecule has 0 aliphatic heterocycles. The van der Waals surface area contributed by atoms with Crippen LogP contribution in [0.3, 0.4) is 0 Å². The van der Waals surface area contributed by atoms with E-state index in [-0.39, 0.29) is 52.7 Å². The molecule has 1 aromatic heterocycles. The number of aromatic nitrogens is 2. The average Bonchev–Trinajstić information content (AvgIpc) is 3.60. The highest BCUT2D eigenvalue weighted by atomic mass is 16.6. The molecule has 3 amide bonds. The van der Waals surface area contributed by atoms with Crippen LogP contribution in [-0.2, 0) is 53.0 Å². The number of benzene rings is 2. The summed E-state index contributed by atoms with van der Waals surface area (Å²) in [6.07, 6.45) is -3.16. The molecule has 3 aromatic rings. The summed E-state index contributed by atoms with van der Waals surface area (Å²) in [5.74, 6) is 0.123. The molecular weight excluding hydrogens is 799 g/mol. The molecule has 0 aliphatic carbocycles. The molecule has 1 heterocycles. The van der Waals surface area contributed by atoms with Crippen LogP contribution in [0.15, 0.2) is 65.1 Å². The van der Waals surface area contributed by atoms with Crippen LogP contribution >= 0.6 is 0 Å². The van der Waals surface area contributed by atoms with Crippen molar-refractivity contribution >= 4 is 24.1 Å². The standard InChI is InChI=1S/C22H33N3O5.C22H34N2O6.2CH4/c1-15(30-22(5,6)7)18(19-25-24-17(29-19)14-28-21(2,3)4)23-20(26)27-13-16-11-9-8-10-12-16;1-15(29-21(2,3)4)18(17(25)13-23-19(26)30-22(5,6)7)24-20(27)28-14-16-11-9-8-10-12-16;;/h8-12,15,18H,13-14H2,1-7H3,(H,23,26);8-12,15,18H,13-14H2,1-7H3,(H,23,26)(H,24,27);2*1H4/t2*15?,18-;;/m00../s1. The summed E-state index contributed by atoms with van der Waals surface area (Å²) in [5, 5.41) is 15.9. The number of ether oxygens (including phenoxy) is 6. The molecule has 0 aliphatic rings. The second-order valence-corrected chi connectivity index (χ2v) is 18.0. The summed E-state index contributed by atoms with van der Waals surface area (Å²) in [6, 6.07) is 16.9. The molecule has 62 heavy (non-hydrogen) atoms. The monoisotopic (exact) mass is 874 g/mol. The molecule has 2 aromatic carbocycles. The summed E-state index contributed by atoms with van der Waals surface area (Å²) >= 11 is 0. The number of Topliss-reactive ketones (excluding diaryl/α,β-unsaturated/α-hetero) is 1. The smallest absolute Gasteiger partial charge is 0.408 e. The van der Waals surface area contributed by atoms with Gasteiger partial charge in [0.05, 0.1) is 35.6 Å². The quantitative estimate of drug-likeness (QED) is 0.115. The van der Waals surface area contributed by atoms with E-state index in [4.69, 9.17) is 32.8 Å². The van der Waals surface area contributed by atoms with E-state index in [1.807, 2.05) is 130 Å². The number of hydrogen-bond donors (Lipinski definition) is 3. The van der Waals surface area contributed by atoms with Crippen LogP contribution in [0.2, 0.25) is 0 Å². The van der Waals surface area contributed by atoms with Gasteiger partial charge >= 0.3 is 18.3 Å². The van der Waals surface area contributed by atoms with Crippen molar-refractivity contribution in [3.63, 3.8) is 0 Å². The van der Waals surface area contributed by atoms with Gasteiger partial charge in [0.1, 0.15) is 37.5 Å². The molecule has 0 spiro atoms. The summed E-state index contributed by atoms with van der Waals surface area (Å²) in [6.45, 7) is 25.9. The zero-order valence-corrected chi connectivity index (χ0v) is 37.8. The Morgan fingerprint density at radius 2 is 1.06 bits per heavy atom. The first-order valence-corrected chi connectivity index (χ1v) is 20.0. The molecule has 4 atom stereocenters. The molecule has 0 saturated heterocycles. The molecule has 16 heteroatoms. The first-order chi connectivity index (χ1) is 27.7. The minimum absolute atomic E-state index is 0. The molecule has 0 bridgehead atoms. The minimum atomic E-state index is -1.01. The lowest BCUT2D eigenvalue weighted by atomic mass is 10.1. The van der Waals surface area contributed by atoms with Gasteiger partial charge in [0, 0.05) is 0 Å². The molecule has 3 rings (SSSR count). The Kier molecular flexibility index (Phi) is 23.7. The summed E-state index contributed by atoms with van der Waals surface area (Å²) in [4.78, 5) is 49.3. The van der Waals surface area contributed by atoms with E-state index in [1.54, 1.807) is 27.7 Å². The lowest BCUT2D eigenvalue weighted by molar-refractivity contribution is -0.128. The van der Waals surface area contributed by atoms with Crippen LogP contribution in [0, 0.1) is 0 Å². The number of hydrogen-bond acceptors (Lipinski definition) is 13. The zero-order chi connectivity index (χ0) is 45.3. The number of carbonyl (C=O) groups excluding carboxylic acids is 4. The van der Waals surface area contributed by atoms with Gasteiger partial charge in [0.2, 0.25) is 11.8 Å². The summed E-state index contributed by atoms with van der Waals surface area (Å²) < 4.78 is 39.0. The Morgan fingerprint density at radius 1 is 0.597 bits per heavy atom. The predicted molar refractivity (Wildman–Crippen MR) is 238 cm³/mol. The van der Waals surface area contributed by atoms with Crippen molar-refractivity contribution in [1.29, 1.82) is 0 Å². The van der Waals surface area contributed by atoms with Gasteiger partial charge in [-0.05, 0) is 108 Å². The number of nitrogens with zero attached hydrogens (tertiary/aromatic N) is 2. The van der Waals surface area contributed by atoms with E-state index in [9.17, 15) is 19.2 Å². The maximum absolute atomic E-state index is 12.7. The highest BCUT2D eigenvalue weighted by Crippen LogP contribution is 2.24. The average molecular weight is 874 g/mol. The number of alkyl carbamates (subject to hydrolysis) is 3. The Bertz CT molecular complexity index is 1760. The van der Waals surface area contributed by atoms with Gasteiger partial charge < -0.3 is 48.8 Å². The fraction of sp³-hybridized carbons (Fsp3) is 0.609. The second kappa shape index (κ2) is 25.8. The summed E-state index contributed by atoms with van der Waals surface area (Å²) in [5.41, 5.74) is -0.272. The van der Waals surface area contributed by atoms with E-state index in [2.05, 4.69) is 26.1 Å². The van der Waals surface area contributed by atoms with E-state index in [0.29, 0.717) is 5.89 Å². The third kappa shape index (κ3) is 25.0. The van der Waals surface area contributed by atoms with Gasteiger partial charge in [-0.3, -0.25) is 4.79 Å². The van der Waals surface area contributed by atoms with E-state index in [0.717, 1.165) is 11.1 Å². The molecule has 350 valence electrons. The molecule has 0 radical (unpaired) electrons. The number of amides is 3. The van der Waals surface area contributed by atoms with Crippen molar-refractivity contribution in [3.8, 4) is 0 Å².